The van der Waals surface area contributed by atoms with Gasteiger partial charge in [0, 0.05) is 5.69 Å². The number of nitrogens with one attached hydrogen (secondary N) is 1. The van der Waals surface area contributed by atoms with Crippen LogP contribution in [-0.2, 0) is 13.0 Å². The van der Waals surface area contributed by atoms with E-state index in [-0.39, 0.29) is 18.1 Å². The molecule has 39 heavy (non-hydrogen) atoms. The van der Waals surface area contributed by atoms with Gasteiger partial charge in [0.1, 0.15) is 11.6 Å². The fourth-order valence-corrected chi connectivity index (χ4v) is 4.66. The highest BCUT2D eigenvalue weighted by Gasteiger charge is 2.28. The lowest BCUT2D eigenvalue weighted by molar-refractivity contribution is 0.179. The number of rotatable bonds is 7. The Morgan fingerprint density at radius 2 is 1.77 bits per heavy atom. The first-order chi connectivity index (χ1) is 18.9. The van der Waals surface area contributed by atoms with Crippen LogP contribution in [0.15, 0.2) is 94.3 Å². The van der Waals surface area contributed by atoms with Gasteiger partial charge in [-0.2, -0.15) is 0 Å². The second-order valence-electron chi connectivity index (χ2n) is 9.76. The predicted molar refractivity (Wildman–Crippen MR) is 154 cm³/mol. The van der Waals surface area contributed by atoms with Crippen LogP contribution in [0.25, 0.3) is 16.6 Å². The number of fused-ring (bicyclic) bond motifs is 1. The van der Waals surface area contributed by atoms with E-state index in [4.69, 9.17) is 9.40 Å². The molecular weight excluding hydrogens is 488 g/mol. The number of aromatic nitrogens is 2. The number of carbonyl (C=O) groups is 1. The van der Waals surface area contributed by atoms with Crippen LogP contribution in [0.2, 0.25) is 0 Å². The molecule has 1 atom stereocenters. The van der Waals surface area contributed by atoms with E-state index in [9.17, 15) is 9.59 Å². The molecule has 0 bridgehead atoms. The van der Waals surface area contributed by atoms with E-state index in [2.05, 4.69) is 12.2 Å². The van der Waals surface area contributed by atoms with Crippen LogP contribution in [0.1, 0.15) is 48.2 Å². The summed E-state index contributed by atoms with van der Waals surface area (Å²) in [5.74, 6) is 1.09. The molecule has 0 aliphatic carbocycles. The molecule has 3 aromatic carbocycles. The Morgan fingerprint density at radius 1 is 1.00 bits per heavy atom. The van der Waals surface area contributed by atoms with Crippen LogP contribution >= 0.6 is 0 Å². The molecule has 2 amide bonds. The average Bonchev–Trinajstić information content (AvgIpc) is 3.47. The van der Waals surface area contributed by atoms with Gasteiger partial charge in [0.25, 0.3) is 5.56 Å². The van der Waals surface area contributed by atoms with E-state index in [1.165, 1.54) is 5.56 Å². The van der Waals surface area contributed by atoms with Crippen LogP contribution in [0.5, 0.6) is 0 Å². The molecule has 5 rings (SSSR count). The van der Waals surface area contributed by atoms with Gasteiger partial charge in [-0.05, 0) is 92.4 Å². The number of amides is 2. The van der Waals surface area contributed by atoms with Gasteiger partial charge in [-0.15, -0.1) is 0 Å². The summed E-state index contributed by atoms with van der Waals surface area (Å²) in [6.45, 7) is 8.22. The van der Waals surface area contributed by atoms with Crippen molar-refractivity contribution < 1.29 is 9.21 Å². The third kappa shape index (κ3) is 5.34. The van der Waals surface area contributed by atoms with E-state index < -0.39 is 6.04 Å². The Balaban J connectivity index is 1.62. The summed E-state index contributed by atoms with van der Waals surface area (Å²) < 4.78 is 7.23. The lowest BCUT2D eigenvalue weighted by Gasteiger charge is -2.30. The lowest BCUT2D eigenvalue weighted by atomic mass is 10.1. The maximum absolute atomic E-state index is 13.9. The smallest absolute Gasteiger partial charge is 0.322 e. The number of furan rings is 1. The van der Waals surface area contributed by atoms with Crippen LogP contribution in [-0.4, -0.2) is 20.5 Å². The number of nitrogens with zero attached hydrogens (tertiary/aromatic N) is 3. The van der Waals surface area contributed by atoms with Gasteiger partial charge in [-0.3, -0.25) is 9.36 Å². The van der Waals surface area contributed by atoms with Gasteiger partial charge in [0.05, 0.1) is 35.4 Å². The predicted octanol–water partition coefficient (Wildman–Crippen LogP) is 6.95. The number of hydrogen-bond acceptors (Lipinski definition) is 4. The number of anilines is 1. The number of benzene rings is 3. The normalized spacial score (nSPS) is 11.9. The Kier molecular flexibility index (Phi) is 7.32. The average molecular weight is 521 g/mol. The molecular formula is C32H32N4O3. The maximum Gasteiger partial charge on any atom is 0.322 e. The summed E-state index contributed by atoms with van der Waals surface area (Å²) in [7, 11) is 0. The minimum atomic E-state index is -0.580. The van der Waals surface area contributed by atoms with Crippen LogP contribution in [0, 0.1) is 13.8 Å². The summed E-state index contributed by atoms with van der Waals surface area (Å²) in [5, 5.41) is 3.53. The highest BCUT2D eigenvalue weighted by atomic mass is 16.3. The zero-order chi connectivity index (χ0) is 27.5. The van der Waals surface area contributed by atoms with Crippen molar-refractivity contribution in [3.05, 3.63) is 124 Å². The SMILES string of the molecule is CCc1ccc(NC(=O)N(Cc2ccco2)C(C)c2nc3ccccc3c(=O)n2-c2ccc(C)c(C)c2)cc1. The zero-order valence-corrected chi connectivity index (χ0v) is 22.6. The molecule has 0 saturated carbocycles. The highest BCUT2D eigenvalue weighted by Crippen LogP contribution is 2.26. The molecule has 7 heteroatoms. The molecule has 2 aromatic heterocycles. The third-order valence-electron chi connectivity index (χ3n) is 7.17. The van der Waals surface area contributed by atoms with E-state index in [1.54, 1.807) is 27.9 Å². The Labute approximate surface area is 227 Å². The second-order valence-corrected chi connectivity index (χ2v) is 9.76. The first kappa shape index (κ1) is 26.0. The molecule has 1 unspecified atom stereocenters. The summed E-state index contributed by atoms with van der Waals surface area (Å²) in [5.41, 5.74) is 5.17. The summed E-state index contributed by atoms with van der Waals surface area (Å²) in [6.07, 6.45) is 2.50. The first-order valence-electron chi connectivity index (χ1n) is 13.1. The fraction of sp³-hybridized carbons (Fsp3) is 0.219. The van der Waals surface area contributed by atoms with E-state index in [0.29, 0.717) is 33.9 Å². The molecule has 7 nitrogen and oxygen atoms in total. The molecule has 0 radical (unpaired) electrons. The summed E-state index contributed by atoms with van der Waals surface area (Å²) in [4.78, 5) is 34.2. The molecule has 5 aromatic rings. The third-order valence-corrected chi connectivity index (χ3v) is 7.17. The van der Waals surface area contributed by atoms with Crippen LogP contribution in [0.3, 0.4) is 0 Å². The molecule has 0 aliphatic rings. The van der Waals surface area contributed by atoms with Crippen molar-refractivity contribution in [2.75, 3.05) is 5.32 Å². The highest BCUT2D eigenvalue weighted by molar-refractivity contribution is 5.89. The maximum atomic E-state index is 13.9. The van der Waals surface area contributed by atoms with Gasteiger partial charge < -0.3 is 14.6 Å². The Morgan fingerprint density at radius 3 is 2.46 bits per heavy atom. The largest absolute Gasteiger partial charge is 0.467 e. The molecule has 0 spiro atoms. The van der Waals surface area contributed by atoms with Gasteiger partial charge in [-0.25, -0.2) is 9.78 Å². The van der Waals surface area contributed by atoms with Crippen molar-refractivity contribution >= 4 is 22.6 Å². The van der Waals surface area contributed by atoms with E-state index >= 15 is 0 Å². The molecule has 198 valence electrons. The van der Waals surface area contributed by atoms with Crippen molar-refractivity contribution in [1.29, 1.82) is 0 Å². The number of urea groups is 1. The first-order valence-corrected chi connectivity index (χ1v) is 13.1. The molecule has 2 heterocycles. The molecule has 0 saturated heterocycles. The second kappa shape index (κ2) is 11.0. The number of carbonyl (C=O) groups excluding carboxylic acids is 1. The number of hydrogen-bond donors (Lipinski definition) is 1. The van der Waals surface area contributed by atoms with Crippen LogP contribution in [0.4, 0.5) is 10.5 Å². The zero-order valence-electron chi connectivity index (χ0n) is 22.6. The van der Waals surface area contributed by atoms with Crippen LogP contribution < -0.4 is 10.9 Å². The Hall–Kier alpha value is -4.65. The summed E-state index contributed by atoms with van der Waals surface area (Å²) in [6, 6.07) is 23.7. The monoisotopic (exact) mass is 520 g/mol. The van der Waals surface area contributed by atoms with Crippen molar-refractivity contribution in [3.63, 3.8) is 0 Å². The number of aryl methyl sites for hydroxylation is 3. The van der Waals surface area contributed by atoms with Crippen molar-refractivity contribution in [2.24, 2.45) is 0 Å². The van der Waals surface area contributed by atoms with Crippen molar-refractivity contribution in [2.45, 2.75) is 46.7 Å². The standard InChI is InChI=1S/C32H32N4O3/c1-5-24-13-15-25(16-14-24)33-32(38)35(20-27-9-8-18-39-27)23(4)30-34-29-11-7-6-10-28(29)31(37)36(30)26-17-12-21(2)22(3)19-26/h6-19,23H,5,20H2,1-4H3,(H,33,38). The Bertz CT molecular complexity index is 1670. The molecule has 1 N–H and O–H groups in total. The van der Waals surface area contributed by atoms with Gasteiger partial charge in [0.2, 0.25) is 0 Å². The van der Waals surface area contributed by atoms with Gasteiger partial charge >= 0.3 is 6.03 Å². The minimum Gasteiger partial charge on any atom is -0.467 e. The topological polar surface area (TPSA) is 80.4 Å². The quantitative estimate of drug-likeness (QED) is 0.252. The van der Waals surface area contributed by atoms with E-state index in [1.807, 2.05) is 87.5 Å². The number of para-hydroxylation sites is 1. The van der Waals surface area contributed by atoms with Gasteiger partial charge in [0.15, 0.2) is 0 Å². The lowest BCUT2D eigenvalue weighted by Crippen LogP contribution is -2.39. The molecule has 0 aliphatic heterocycles. The summed E-state index contributed by atoms with van der Waals surface area (Å²) >= 11 is 0. The van der Waals surface area contributed by atoms with Crippen molar-refractivity contribution in [3.8, 4) is 5.69 Å². The van der Waals surface area contributed by atoms with Gasteiger partial charge in [-0.1, -0.05) is 37.3 Å². The molecule has 0 fully saturated rings. The fourth-order valence-electron chi connectivity index (χ4n) is 4.66. The van der Waals surface area contributed by atoms with Crippen molar-refractivity contribution in [1.82, 2.24) is 14.5 Å². The van der Waals surface area contributed by atoms with E-state index in [0.717, 1.165) is 17.5 Å². The minimum absolute atomic E-state index is 0.181.